The third-order valence-electron chi connectivity index (χ3n) is 4.48. The van der Waals surface area contributed by atoms with Crippen LogP contribution < -0.4 is 10.1 Å². The zero-order chi connectivity index (χ0) is 20.8. The van der Waals surface area contributed by atoms with E-state index in [2.05, 4.69) is 15.5 Å². The standard InChI is InChI=1S/C21H29N5O3/c1-5-28-16-10-11-18-17(13-16)23-20(21-25-24-15(4)26(18)21)22-12-8-6-7-9-19(27)29-14(2)3/h10-11,13-14H,5-9,12H2,1-4H3,(H,22,23). The van der Waals surface area contributed by atoms with Gasteiger partial charge < -0.3 is 14.8 Å². The number of anilines is 1. The zero-order valence-corrected chi connectivity index (χ0v) is 17.6. The highest BCUT2D eigenvalue weighted by Crippen LogP contribution is 2.25. The Hall–Kier alpha value is -2.90. The number of hydrogen-bond donors (Lipinski definition) is 1. The molecule has 0 amide bonds. The number of nitrogens with one attached hydrogen (secondary N) is 1. The average molecular weight is 399 g/mol. The van der Waals surface area contributed by atoms with E-state index in [4.69, 9.17) is 14.5 Å². The Bertz CT molecular complexity index is 983. The Morgan fingerprint density at radius 3 is 2.79 bits per heavy atom. The summed E-state index contributed by atoms with van der Waals surface area (Å²) >= 11 is 0. The molecule has 29 heavy (non-hydrogen) atoms. The van der Waals surface area contributed by atoms with Crippen molar-refractivity contribution in [3.63, 3.8) is 0 Å². The highest BCUT2D eigenvalue weighted by Gasteiger charge is 2.13. The van der Waals surface area contributed by atoms with Gasteiger partial charge in [-0.2, -0.15) is 0 Å². The van der Waals surface area contributed by atoms with Crippen molar-refractivity contribution in [2.75, 3.05) is 18.5 Å². The second kappa shape index (κ2) is 9.54. The molecule has 1 aromatic carbocycles. The topological polar surface area (TPSA) is 90.6 Å². The monoisotopic (exact) mass is 399 g/mol. The van der Waals surface area contributed by atoms with Crippen molar-refractivity contribution in [1.29, 1.82) is 0 Å². The van der Waals surface area contributed by atoms with Crippen LogP contribution in [0.25, 0.3) is 16.7 Å². The number of fused-ring (bicyclic) bond motifs is 3. The normalized spacial score (nSPS) is 11.3. The first kappa shape index (κ1) is 20.8. The highest BCUT2D eigenvalue weighted by molar-refractivity contribution is 5.84. The summed E-state index contributed by atoms with van der Waals surface area (Å²) in [5.74, 6) is 2.17. The maximum atomic E-state index is 11.6. The summed E-state index contributed by atoms with van der Waals surface area (Å²) in [7, 11) is 0. The molecule has 156 valence electrons. The quantitative estimate of drug-likeness (QED) is 0.408. The molecule has 0 aliphatic rings. The first-order valence-electron chi connectivity index (χ1n) is 10.2. The molecule has 2 heterocycles. The molecule has 8 heteroatoms. The van der Waals surface area contributed by atoms with Crippen molar-refractivity contribution in [2.45, 2.75) is 59.5 Å². The van der Waals surface area contributed by atoms with Crippen LogP contribution >= 0.6 is 0 Å². The molecular formula is C21H29N5O3. The van der Waals surface area contributed by atoms with Crippen molar-refractivity contribution in [2.24, 2.45) is 0 Å². The summed E-state index contributed by atoms with van der Waals surface area (Å²) in [6.07, 6.45) is 3.08. The second-order valence-corrected chi connectivity index (χ2v) is 7.23. The minimum atomic E-state index is -0.130. The maximum absolute atomic E-state index is 11.6. The summed E-state index contributed by atoms with van der Waals surface area (Å²) in [6.45, 7) is 8.96. The summed E-state index contributed by atoms with van der Waals surface area (Å²) in [5.41, 5.74) is 2.48. The summed E-state index contributed by atoms with van der Waals surface area (Å²) < 4.78 is 12.8. The van der Waals surface area contributed by atoms with Gasteiger partial charge in [0.1, 0.15) is 11.6 Å². The number of hydrogen-bond acceptors (Lipinski definition) is 7. The van der Waals surface area contributed by atoms with Crippen LogP contribution in [-0.4, -0.2) is 44.8 Å². The van der Waals surface area contributed by atoms with E-state index < -0.39 is 0 Å². The molecule has 0 unspecified atom stereocenters. The van der Waals surface area contributed by atoms with Gasteiger partial charge in [-0.15, -0.1) is 10.2 Å². The SMILES string of the molecule is CCOc1ccc2c(c1)nc(NCCCCCC(=O)OC(C)C)c1nnc(C)n12. The highest BCUT2D eigenvalue weighted by atomic mass is 16.5. The van der Waals surface area contributed by atoms with Crippen molar-refractivity contribution < 1.29 is 14.3 Å². The summed E-state index contributed by atoms with van der Waals surface area (Å²) in [5, 5.41) is 11.9. The van der Waals surface area contributed by atoms with Gasteiger partial charge in [0.15, 0.2) is 5.82 Å². The first-order chi connectivity index (χ1) is 14.0. The van der Waals surface area contributed by atoms with E-state index in [1.54, 1.807) is 0 Å². The van der Waals surface area contributed by atoms with Gasteiger partial charge in [0.25, 0.3) is 0 Å². The molecule has 0 spiro atoms. The Balaban J connectivity index is 1.66. The second-order valence-electron chi connectivity index (χ2n) is 7.23. The van der Waals surface area contributed by atoms with Gasteiger partial charge in [-0.3, -0.25) is 9.20 Å². The Labute approximate surface area is 170 Å². The van der Waals surface area contributed by atoms with Gasteiger partial charge in [0.2, 0.25) is 5.65 Å². The van der Waals surface area contributed by atoms with E-state index in [0.717, 1.165) is 48.4 Å². The van der Waals surface area contributed by atoms with Gasteiger partial charge in [0.05, 0.1) is 23.7 Å². The van der Waals surface area contributed by atoms with E-state index in [9.17, 15) is 4.79 Å². The fourth-order valence-corrected chi connectivity index (χ4v) is 3.23. The molecule has 0 fully saturated rings. The number of rotatable bonds is 10. The number of unbranched alkanes of at least 4 members (excludes halogenated alkanes) is 2. The molecule has 3 rings (SSSR count). The van der Waals surface area contributed by atoms with Crippen LogP contribution in [-0.2, 0) is 9.53 Å². The van der Waals surface area contributed by atoms with Gasteiger partial charge >= 0.3 is 5.97 Å². The molecule has 2 aromatic heterocycles. The molecule has 0 radical (unpaired) electrons. The van der Waals surface area contributed by atoms with E-state index >= 15 is 0 Å². The van der Waals surface area contributed by atoms with E-state index in [0.29, 0.717) is 24.5 Å². The third-order valence-corrected chi connectivity index (χ3v) is 4.48. The van der Waals surface area contributed by atoms with Gasteiger partial charge in [0, 0.05) is 19.0 Å². The van der Waals surface area contributed by atoms with E-state index in [-0.39, 0.29) is 12.1 Å². The Morgan fingerprint density at radius 2 is 2.03 bits per heavy atom. The number of nitrogens with zero attached hydrogens (tertiary/aromatic N) is 4. The lowest BCUT2D eigenvalue weighted by atomic mass is 10.2. The molecule has 1 N–H and O–H groups in total. The smallest absolute Gasteiger partial charge is 0.306 e. The molecular weight excluding hydrogens is 370 g/mol. The molecule has 0 aliphatic carbocycles. The summed E-state index contributed by atoms with van der Waals surface area (Å²) in [6, 6.07) is 5.85. The first-order valence-corrected chi connectivity index (χ1v) is 10.2. The largest absolute Gasteiger partial charge is 0.494 e. The van der Waals surface area contributed by atoms with Crippen LogP contribution in [0.1, 0.15) is 52.3 Å². The zero-order valence-electron chi connectivity index (χ0n) is 17.6. The lowest BCUT2D eigenvalue weighted by Gasteiger charge is -2.11. The van der Waals surface area contributed by atoms with Crippen LogP contribution in [0.3, 0.4) is 0 Å². The van der Waals surface area contributed by atoms with Crippen LogP contribution in [0.2, 0.25) is 0 Å². The number of esters is 1. The van der Waals surface area contributed by atoms with E-state index in [1.807, 2.05) is 50.3 Å². The molecule has 0 atom stereocenters. The number of benzene rings is 1. The number of aryl methyl sites for hydroxylation is 1. The van der Waals surface area contributed by atoms with Crippen LogP contribution in [0.5, 0.6) is 5.75 Å². The predicted molar refractivity (Wildman–Crippen MR) is 112 cm³/mol. The summed E-state index contributed by atoms with van der Waals surface area (Å²) in [4.78, 5) is 16.3. The molecule has 0 saturated carbocycles. The molecule has 8 nitrogen and oxygen atoms in total. The van der Waals surface area contributed by atoms with Crippen LogP contribution in [0.4, 0.5) is 5.82 Å². The number of ether oxygens (including phenoxy) is 2. The van der Waals surface area contributed by atoms with Gasteiger partial charge in [-0.05, 0) is 52.7 Å². The van der Waals surface area contributed by atoms with Crippen LogP contribution in [0.15, 0.2) is 18.2 Å². The third kappa shape index (κ3) is 5.13. The number of aromatic nitrogens is 4. The van der Waals surface area contributed by atoms with E-state index in [1.165, 1.54) is 0 Å². The number of carbonyl (C=O) groups is 1. The fraction of sp³-hybridized carbons (Fsp3) is 0.524. The molecule has 0 saturated heterocycles. The maximum Gasteiger partial charge on any atom is 0.306 e. The minimum Gasteiger partial charge on any atom is -0.494 e. The van der Waals surface area contributed by atoms with Crippen molar-refractivity contribution in [3.8, 4) is 5.75 Å². The minimum absolute atomic E-state index is 0.0552. The average Bonchev–Trinajstić information content (AvgIpc) is 3.06. The van der Waals surface area contributed by atoms with Crippen molar-refractivity contribution in [3.05, 3.63) is 24.0 Å². The Kier molecular flexibility index (Phi) is 6.85. The molecule has 0 aliphatic heterocycles. The predicted octanol–water partition coefficient (Wildman–Crippen LogP) is 3.91. The number of carbonyl (C=O) groups excluding carboxylic acids is 1. The van der Waals surface area contributed by atoms with Crippen molar-refractivity contribution in [1.82, 2.24) is 19.6 Å². The lowest BCUT2D eigenvalue weighted by Crippen LogP contribution is -2.11. The van der Waals surface area contributed by atoms with Crippen molar-refractivity contribution >= 4 is 28.5 Å². The van der Waals surface area contributed by atoms with Gasteiger partial charge in [-0.25, -0.2) is 4.98 Å². The van der Waals surface area contributed by atoms with Crippen LogP contribution in [0, 0.1) is 6.92 Å². The molecule has 3 aromatic rings. The Morgan fingerprint density at radius 1 is 1.21 bits per heavy atom. The lowest BCUT2D eigenvalue weighted by molar-refractivity contribution is -0.147. The fourth-order valence-electron chi connectivity index (χ4n) is 3.23. The van der Waals surface area contributed by atoms with Gasteiger partial charge in [-0.1, -0.05) is 6.42 Å². The molecule has 0 bridgehead atoms.